The topological polar surface area (TPSA) is 34.1 Å². The third-order valence-corrected chi connectivity index (χ3v) is 3.15. The van der Waals surface area contributed by atoms with Crippen molar-refractivity contribution in [3.05, 3.63) is 52.8 Å². The second-order valence-electron chi connectivity index (χ2n) is 4.27. The molecule has 0 aliphatic carbocycles. The monoisotopic (exact) mass is 276 g/mol. The molecule has 0 radical (unpaired) electrons. The van der Waals surface area contributed by atoms with Crippen molar-refractivity contribution in [3.63, 3.8) is 0 Å². The van der Waals surface area contributed by atoms with E-state index in [1.807, 2.05) is 37.5 Å². The molecule has 0 amide bonds. The smallest absolute Gasteiger partial charge is 0.146 e. The minimum Gasteiger partial charge on any atom is -0.456 e. The van der Waals surface area contributed by atoms with E-state index in [0.717, 1.165) is 40.6 Å². The second-order valence-corrected chi connectivity index (χ2v) is 4.68. The van der Waals surface area contributed by atoms with E-state index in [1.165, 1.54) is 0 Å². The highest BCUT2D eigenvalue weighted by Gasteiger charge is 2.03. The first-order valence-electron chi connectivity index (χ1n) is 6.27. The number of halogens is 1. The molecule has 0 atom stereocenters. The van der Waals surface area contributed by atoms with Crippen molar-refractivity contribution in [1.29, 1.82) is 0 Å². The molecule has 1 aromatic carbocycles. The van der Waals surface area contributed by atoms with Crippen molar-refractivity contribution in [3.8, 4) is 11.5 Å². The van der Waals surface area contributed by atoms with E-state index < -0.39 is 0 Å². The summed E-state index contributed by atoms with van der Waals surface area (Å²) in [5, 5.41) is 3.86. The number of nitrogens with zero attached hydrogens (tertiary/aromatic N) is 1. The molecule has 4 heteroatoms. The van der Waals surface area contributed by atoms with Gasteiger partial charge in [-0.05, 0) is 48.9 Å². The molecule has 0 spiro atoms. The predicted octanol–water partition coefficient (Wildman–Crippen LogP) is 3.81. The highest BCUT2D eigenvalue weighted by molar-refractivity contribution is 6.31. The highest BCUT2D eigenvalue weighted by Crippen LogP contribution is 2.26. The van der Waals surface area contributed by atoms with Gasteiger partial charge in [0.25, 0.3) is 0 Å². The van der Waals surface area contributed by atoms with Crippen LogP contribution in [0.1, 0.15) is 18.1 Å². The Labute approximate surface area is 118 Å². The highest BCUT2D eigenvalue weighted by atomic mass is 35.5. The van der Waals surface area contributed by atoms with E-state index in [1.54, 1.807) is 6.20 Å². The van der Waals surface area contributed by atoms with Gasteiger partial charge in [0.1, 0.15) is 11.5 Å². The fourth-order valence-corrected chi connectivity index (χ4v) is 2.09. The molecule has 0 saturated heterocycles. The van der Waals surface area contributed by atoms with E-state index in [4.69, 9.17) is 16.3 Å². The Morgan fingerprint density at radius 1 is 1.21 bits per heavy atom. The molecule has 3 nitrogen and oxygen atoms in total. The largest absolute Gasteiger partial charge is 0.456 e. The van der Waals surface area contributed by atoms with Crippen LogP contribution in [0.25, 0.3) is 0 Å². The molecule has 1 aromatic heterocycles. The lowest BCUT2D eigenvalue weighted by Gasteiger charge is -2.09. The van der Waals surface area contributed by atoms with E-state index in [9.17, 15) is 0 Å². The first-order chi connectivity index (χ1) is 9.22. The van der Waals surface area contributed by atoms with Crippen LogP contribution < -0.4 is 10.1 Å². The molecule has 2 rings (SSSR count). The van der Waals surface area contributed by atoms with Gasteiger partial charge < -0.3 is 10.1 Å². The average molecular weight is 277 g/mol. The minimum absolute atomic E-state index is 0.733. The first kappa shape index (κ1) is 13.8. The van der Waals surface area contributed by atoms with Crippen molar-refractivity contribution < 1.29 is 4.74 Å². The molecular weight excluding hydrogens is 260 g/mol. The molecular formula is C15H17ClN2O. The molecule has 0 unspecified atom stereocenters. The number of nitrogens with one attached hydrogen (secondary N) is 1. The molecule has 0 bridgehead atoms. The molecule has 0 fully saturated rings. The van der Waals surface area contributed by atoms with Gasteiger partial charge in [-0.25, -0.2) is 0 Å². The number of ether oxygens (including phenoxy) is 1. The number of benzene rings is 1. The summed E-state index contributed by atoms with van der Waals surface area (Å²) in [6.45, 7) is 2.84. The Kier molecular flexibility index (Phi) is 4.77. The number of pyridine rings is 1. The lowest BCUT2D eigenvalue weighted by atomic mass is 10.1. The predicted molar refractivity (Wildman–Crippen MR) is 77.9 cm³/mol. The summed E-state index contributed by atoms with van der Waals surface area (Å²) >= 11 is 6.09. The lowest BCUT2D eigenvalue weighted by molar-refractivity contribution is 0.478. The quantitative estimate of drug-likeness (QED) is 0.902. The van der Waals surface area contributed by atoms with Crippen LogP contribution in [0.2, 0.25) is 5.02 Å². The van der Waals surface area contributed by atoms with E-state index in [-0.39, 0.29) is 0 Å². The van der Waals surface area contributed by atoms with Crippen LogP contribution >= 0.6 is 11.6 Å². The molecule has 0 saturated carbocycles. The molecule has 100 valence electrons. The Bertz CT molecular complexity index is 558. The second kappa shape index (κ2) is 6.55. The fourth-order valence-electron chi connectivity index (χ4n) is 1.84. The maximum atomic E-state index is 6.09. The summed E-state index contributed by atoms with van der Waals surface area (Å²) in [5.74, 6) is 1.52. The third kappa shape index (κ3) is 3.69. The third-order valence-electron chi connectivity index (χ3n) is 2.78. The molecule has 19 heavy (non-hydrogen) atoms. The van der Waals surface area contributed by atoms with Gasteiger partial charge in [0, 0.05) is 17.8 Å². The molecule has 1 heterocycles. The van der Waals surface area contributed by atoms with Gasteiger partial charge in [0.15, 0.2) is 0 Å². The van der Waals surface area contributed by atoms with Gasteiger partial charge in [0.05, 0.1) is 6.20 Å². The summed E-state index contributed by atoms with van der Waals surface area (Å²) < 4.78 is 5.81. The van der Waals surface area contributed by atoms with Crippen molar-refractivity contribution in [2.75, 3.05) is 7.05 Å². The van der Waals surface area contributed by atoms with Crippen LogP contribution in [0, 0.1) is 0 Å². The number of aromatic nitrogens is 1. The SMILES string of the molecule is CCc1cc(Oc2cncc(CNC)c2)ccc1Cl. The molecule has 0 aliphatic rings. The summed E-state index contributed by atoms with van der Waals surface area (Å²) in [7, 11) is 1.90. The summed E-state index contributed by atoms with van der Waals surface area (Å²) in [5.41, 5.74) is 2.17. The van der Waals surface area contributed by atoms with E-state index in [2.05, 4.69) is 17.2 Å². The number of rotatable bonds is 5. The zero-order valence-corrected chi connectivity index (χ0v) is 11.9. The Morgan fingerprint density at radius 2 is 2.05 bits per heavy atom. The minimum atomic E-state index is 0.733. The summed E-state index contributed by atoms with van der Waals surface area (Å²) in [6, 6.07) is 7.67. The molecule has 2 aromatic rings. The summed E-state index contributed by atoms with van der Waals surface area (Å²) in [4.78, 5) is 4.17. The van der Waals surface area contributed by atoms with Gasteiger partial charge >= 0.3 is 0 Å². The number of aryl methyl sites for hydroxylation is 1. The summed E-state index contributed by atoms with van der Waals surface area (Å²) in [6.07, 6.45) is 4.41. The maximum Gasteiger partial charge on any atom is 0.146 e. The zero-order chi connectivity index (χ0) is 13.7. The van der Waals surface area contributed by atoms with Crippen molar-refractivity contribution >= 4 is 11.6 Å². The van der Waals surface area contributed by atoms with Crippen molar-refractivity contribution in [1.82, 2.24) is 10.3 Å². The maximum absolute atomic E-state index is 6.09. The van der Waals surface area contributed by atoms with Gasteiger partial charge in [0.2, 0.25) is 0 Å². The lowest BCUT2D eigenvalue weighted by Crippen LogP contribution is -2.05. The van der Waals surface area contributed by atoms with Crippen LogP contribution in [0.3, 0.4) is 0 Å². The van der Waals surface area contributed by atoms with Crippen LogP contribution in [-0.4, -0.2) is 12.0 Å². The fraction of sp³-hybridized carbons (Fsp3) is 0.267. The van der Waals surface area contributed by atoms with Crippen molar-refractivity contribution in [2.24, 2.45) is 0 Å². The van der Waals surface area contributed by atoms with Gasteiger partial charge in [-0.1, -0.05) is 18.5 Å². The Hall–Kier alpha value is -1.58. The normalized spacial score (nSPS) is 10.5. The molecule has 1 N–H and O–H groups in total. The number of hydrogen-bond acceptors (Lipinski definition) is 3. The van der Waals surface area contributed by atoms with Gasteiger partial charge in [-0.2, -0.15) is 0 Å². The van der Waals surface area contributed by atoms with Crippen LogP contribution in [0.5, 0.6) is 11.5 Å². The standard InChI is InChI=1S/C15H17ClN2O/c1-3-12-7-13(4-5-15(12)16)19-14-6-11(8-17-2)9-18-10-14/h4-7,9-10,17H,3,8H2,1-2H3. The zero-order valence-electron chi connectivity index (χ0n) is 11.1. The average Bonchev–Trinajstić information content (AvgIpc) is 2.42. The molecule has 0 aliphatic heterocycles. The van der Waals surface area contributed by atoms with Crippen LogP contribution in [0.15, 0.2) is 36.7 Å². The van der Waals surface area contributed by atoms with E-state index in [0.29, 0.717) is 0 Å². The van der Waals surface area contributed by atoms with Gasteiger partial charge in [-0.3, -0.25) is 4.98 Å². The van der Waals surface area contributed by atoms with Crippen LogP contribution in [-0.2, 0) is 13.0 Å². The van der Waals surface area contributed by atoms with Crippen molar-refractivity contribution in [2.45, 2.75) is 19.9 Å². The van der Waals surface area contributed by atoms with Gasteiger partial charge in [-0.15, -0.1) is 0 Å². The Balaban J connectivity index is 2.18. The Morgan fingerprint density at radius 3 is 2.79 bits per heavy atom. The number of hydrogen-bond donors (Lipinski definition) is 1. The van der Waals surface area contributed by atoms with E-state index >= 15 is 0 Å². The first-order valence-corrected chi connectivity index (χ1v) is 6.65. The van der Waals surface area contributed by atoms with Crippen LogP contribution in [0.4, 0.5) is 0 Å².